The van der Waals surface area contributed by atoms with Crippen LogP contribution in [-0.4, -0.2) is 9.30 Å². The highest BCUT2D eigenvalue weighted by Crippen LogP contribution is 2.17. The summed E-state index contributed by atoms with van der Waals surface area (Å²) in [5, 5.41) is 9.55. The Morgan fingerprint density at radius 1 is 1.42 bits per heavy atom. The summed E-state index contributed by atoms with van der Waals surface area (Å²) in [6.45, 7) is 0. The molecule has 1 atom stereocenters. The van der Waals surface area contributed by atoms with Gasteiger partial charge in [-0.2, -0.15) is 0 Å². The van der Waals surface area contributed by atoms with Gasteiger partial charge in [-0.15, -0.1) is 12.6 Å². The second-order valence-electron chi connectivity index (χ2n) is 2.52. The molecule has 1 aromatic rings. The van der Waals surface area contributed by atoms with Crippen LogP contribution in [0.4, 0.5) is 0 Å². The van der Waals surface area contributed by atoms with Gasteiger partial charge in [-0.25, -0.2) is 0 Å². The molecule has 0 fully saturated rings. The number of benzene rings is 1. The quantitative estimate of drug-likeness (QED) is 0.574. The Labute approximate surface area is 82.8 Å². The van der Waals surface area contributed by atoms with Gasteiger partial charge in [-0.3, -0.25) is 0 Å². The Hall–Kier alpha value is -0.380. The largest absolute Gasteiger partial charge is 0.388 e. The average Bonchev–Trinajstić information content (AvgIpc) is 2.05. The van der Waals surface area contributed by atoms with Gasteiger partial charge in [-0.1, -0.05) is 42.5 Å². The Bertz CT molecular complexity index is 258. The first-order valence-electron chi connectivity index (χ1n) is 3.65. The second-order valence-corrected chi connectivity index (χ2v) is 3.86. The molecule has 0 aliphatic rings. The monoisotopic (exact) mass is 198 g/mol. The molecule has 0 saturated carbocycles. The molecule has 64 valence electrons. The minimum absolute atomic E-state index is 0.433. The third-order valence-corrected chi connectivity index (χ3v) is 1.90. The lowest BCUT2D eigenvalue weighted by Crippen LogP contribution is -1.99. The maximum atomic E-state index is 9.55. The van der Waals surface area contributed by atoms with Crippen LogP contribution in [0.25, 0.3) is 0 Å². The van der Waals surface area contributed by atoms with Gasteiger partial charge in [-0.05, 0) is 5.56 Å². The number of aliphatic hydroxyl groups excluding tert-OH is 1. The molecular formula is C9H10OS2. The summed E-state index contributed by atoms with van der Waals surface area (Å²) in [4.78, 5) is 0. The van der Waals surface area contributed by atoms with Gasteiger partial charge < -0.3 is 5.11 Å². The molecule has 0 heterocycles. The van der Waals surface area contributed by atoms with E-state index in [4.69, 9.17) is 12.2 Å². The van der Waals surface area contributed by atoms with E-state index in [1.54, 1.807) is 0 Å². The fourth-order valence-electron chi connectivity index (χ4n) is 0.958. The van der Waals surface area contributed by atoms with E-state index in [9.17, 15) is 5.11 Å². The van der Waals surface area contributed by atoms with Crippen LogP contribution in [0, 0.1) is 0 Å². The topological polar surface area (TPSA) is 20.2 Å². The molecule has 0 bridgehead atoms. The lowest BCUT2D eigenvalue weighted by Gasteiger charge is -2.08. The molecule has 1 N–H and O–H groups in total. The van der Waals surface area contributed by atoms with Crippen LogP contribution in [-0.2, 0) is 0 Å². The van der Waals surface area contributed by atoms with Crippen molar-refractivity contribution in [2.45, 2.75) is 12.5 Å². The van der Waals surface area contributed by atoms with Crippen molar-refractivity contribution < 1.29 is 5.11 Å². The molecule has 12 heavy (non-hydrogen) atoms. The average molecular weight is 198 g/mol. The van der Waals surface area contributed by atoms with Crippen molar-refractivity contribution in [1.82, 2.24) is 0 Å². The highest BCUT2D eigenvalue weighted by molar-refractivity contribution is 8.11. The first kappa shape index (κ1) is 9.71. The summed E-state index contributed by atoms with van der Waals surface area (Å²) in [6.07, 6.45) is -0.0844. The second kappa shape index (κ2) is 4.60. The van der Waals surface area contributed by atoms with Crippen LogP contribution in [0.5, 0.6) is 0 Å². The van der Waals surface area contributed by atoms with E-state index in [1.807, 2.05) is 30.3 Å². The summed E-state index contributed by atoms with van der Waals surface area (Å²) in [5.41, 5.74) is 0.883. The van der Waals surface area contributed by atoms with Crippen LogP contribution < -0.4 is 0 Å². The highest BCUT2D eigenvalue weighted by atomic mass is 32.1. The van der Waals surface area contributed by atoms with Gasteiger partial charge in [0.1, 0.15) is 0 Å². The summed E-state index contributed by atoms with van der Waals surface area (Å²) in [5.74, 6) is 0. The molecular weight excluding hydrogens is 188 g/mol. The van der Waals surface area contributed by atoms with Gasteiger partial charge in [0.05, 0.1) is 6.10 Å². The van der Waals surface area contributed by atoms with Gasteiger partial charge in [0.25, 0.3) is 0 Å². The smallest absolute Gasteiger partial charge is 0.0843 e. The van der Waals surface area contributed by atoms with Crippen LogP contribution in [0.3, 0.4) is 0 Å². The molecule has 0 aromatic heterocycles. The van der Waals surface area contributed by atoms with Gasteiger partial charge in [0.15, 0.2) is 0 Å². The summed E-state index contributed by atoms with van der Waals surface area (Å²) in [7, 11) is 0. The molecule has 3 heteroatoms. The predicted octanol–water partition coefficient (Wildman–Crippen LogP) is 2.37. The van der Waals surface area contributed by atoms with Gasteiger partial charge in [0, 0.05) is 10.6 Å². The number of aliphatic hydroxyl groups is 1. The van der Waals surface area contributed by atoms with E-state index >= 15 is 0 Å². The number of thiol groups is 1. The molecule has 0 aliphatic carbocycles. The van der Waals surface area contributed by atoms with Crippen LogP contribution in [0.1, 0.15) is 18.1 Å². The number of rotatable bonds is 3. The molecule has 0 amide bonds. The fraction of sp³-hybridized carbons (Fsp3) is 0.222. The van der Waals surface area contributed by atoms with Crippen molar-refractivity contribution in [3.8, 4) is 0 Å². The van der Waals surface area contributed by atoms with Gasteiger partial charge >= 0.3 is 0 Å². The van der Waals surface area contributed by atoms with Crippen molar-refractivity contribution in [1.29, 1.82) is 0 Å². The van der Waals surface area contributed by atoms with Gasteiger partial charge in [0.2, 0.25) is 0 Å². The highest BCUT2D eigenvalue weighted by Gasteiger charge is 2.06. The first-order chi connectivity index (χ1) is 5.70. The molecule has 1 nitrogen and oxygen atoms in total. The standard InChI is InChI=1S/C9H10OS2/c10-8(6-9(11)12)7-4-2-1-3-5-7/h1-5,8,10H,6H2,(H,11,12)/t8-/m0/s1. The zero-order valence-corrected chi connectivity index (χ0v) is 8.18. The zero-order valence-electron chi connectivity index (χ0n) is 6.47. The molecule has 0 saturated heterocycles. The summed E-state index contributed by atoms with van der Waals surface area (Å²) in [6, 6.07) is 9.43. The Morgan fingerprint density at radius 2 is 2.00 bits per heavy atom. The van der Waals surface area contributed by atoms with E-state index in [0.29, 0.717) is 10.6 Å². The Morgan fingerprint density at radius 3 is 2.50 bits per heavy atom. The fourth-order valence-corrected chi connectivity index (χ4v) is 1.29. The SMILES string of the molecule is O[C@@H](CC(=S)S)c1ccccc1. The Balaban J connectivity index is 2.65. The lowest BCUT2D eigenvalue weighted by molar-refractivity contribution is 0.187. The van der Waals surface area contributed by atoms with Crippen LogP contribution in [0.2, 0.25) is 0 Å². The third kappa shape index (κ3) is 2.93. The van der Waals surface area contributed by atoms with E-state index in [0.717, 1.165) is 5.56 Å². The summed E-state index contributed by atoms with van der Waals surface area (Å²) < 4.78 is 0.534. The lowest BCUT2D eigenvalue weighted by atomic mass is 10.1. The molecule has 0 radical (unpaired) electrons. The minimum Gasteiger partial charge on any atom is -0.388 e. The molecule has 0 spiro atoms. The minimum atomic E-state index is -0.517. The van der Waals surface area contributed by atoms with E-state index in [1.165, 1.54) is 0 Å². The van der Waals surface area contributed by atoms with E-state index in [-0.39, 0.29) is 0 Å². The molecule has 0 aliphatic heterocycles. The predicted molar refractivity (Wildman–Crippen MR) is 57.6 cm³/mol. The first-order valence-corrected chi connectivity index (χ1v) is 4.50. The molecule has 1 rings (SSSR count). The number of hydrogen-bond donors (Lipinski definition) is 2. The van der Waals surface area contributed by atoms with Crippen molar-refractivity contribution in [3.05, 3.63) is 35.9 Å². The van der Waals surface area contributed by atoms with Crippen molar-refractivity contribution in [3.63, 3.8) is 0 Å². The van der Waals surface area contributed by atoms with Crippen LogP contribution in [0.15, 0.2) is 30.3 Å². The van der Waals surface area contributed by atoms with Crippen molar-refractivity contribution in [2.24, 2.45) is 0 Å². The van der Waals surface area contributed by atoms with Crippen molar-refractivity contribution in [2.75, 3.05) is 0 Å². The molecule has 1 aromatic carbocycles. The van der Waals surface area contributed by atoms with E-state index < -0.39 is 6.10 Å². The third-order valence-electron chi connectivity index (χ3n) is 1.55. The maximum absolute atomic E-state index is 9.55. The number of thiocarbonyl (C=S) groups is 1. The Kier molecular flexibility index (Phi) is 3.72. The number of hydrogen-bond acceptors (Lipinski definition) is 2. The summed E-state index contributed by atoms with van der Waals surface area (Å²) >= 11 is 8.74. The van der Waals surface area contributed by atoms with E-state index in [2.05, 4.69) is 12.6 Å². The normalized spacial score (nSPS) is 12.5. The van der Waals surface area contributed by atoms with Crippen molar-refractivity contribution >= 4 is 29.0 Å². The molecule has 0 unspecified atom stereocenters. The zero-order chi connectivity index (χ0) is 8.97. The maximum Gasteiger partial charge on any atom is 0.0843 e. The van der Waals surface area contributed by atoms with Crippen LogP contribution >= 0.6 is 24.8 Å².